The van der Waals surface area contributed by atoms with Gasteiger partial charge in [-0.3, -0.25) is 9.97 Å². The third-order valence-electron chi connectivity index (χ3n) is 4.65. The number of nitrogens with zero attached hydrogens (tertiary/aromatic N) is 4. The first kappa shape index (κ1) is 21.5. The maximum atomic E-state index is 14.5. The van der Waals surface area contributed by atoms with E-state index in [1.165, 1.54) is 24.7 Å². The van der Waals surface area contributed by atoms with Crippen LogP contribution in [0.5, 0.6) is 0 Å². The molecule has 0 aliphatic rings. The van der Waals surface area contributed by atoms with Gasteiger partial charge in [-0.1, -0.05) is 0 Å². The summed E-state index contributed by atoms with van der Waals surface area (Å²) in [4.78, 5) is 16.2. The zero-order valence-electron chi connectivity index (χ0n) is 16.2. The first-order chi connectivity index (χ1) is 15.3. The van der Waals surface area contributed by atoms with Gasteiger partial charge in [0.15, 0.2) is 5.82 Å². The van der Waals surface area contributed by atoms with E-state index in [2.05, 4.69) is 25.3 Å². The highest BCUT2D eigenvalue weighted by Gasteiger charge is 2.30. The number of aliphatic hydroxyl groups is 2. The molecule has 11 heteroatoms. The van der Waals surface area contributed by atoms with Crippen LogP contribution in [0.25, 0.3) is 22.2 Å². The van der Waals surface area contributed by atoms with E-state index in [0.29, 0.717) is 16.6 Å². The highest BCUT2D eigenvalue weighted by Crippen LogP contribution is 2.31. The van der Waals surface area contributed by atoms with Gasteiger partial charge in [0.25, 0.3) is 0 Å². The largest absolute Gasteiger partial charge is 0.417 e. The second-order valence-electron chi connectivity index (χ2n) is 6.80. The van der Waals surface area contributed by atoms with E-state index in [4.69, 9.17) is 5.11 Å². The molecule has 4 aromatic heterocycles. The average Bonchev–Trinajstić information content (AvgIpc) is 2.78. The van der Waals surface area contributed by atoms with Crippen molar-refractivity contribution in [2.24, 2.45) is 0 Å². The van der Waals surface area contributed by atoms with Crippen molar-refractivity contribution in [3.05, 3.63) is 72.1 Å². The second kappa shape index (κ2) is 8.44. The lowest BCUT2D eigenvalue weighted by Crippen LogP contribution is -2.06. The Kier molecular flexibility index (Phi) is 5.68. The highest BCUT2D eigenvalue weighted by atomic mass is 19.4. The van der Waals surface area contributed by atoms with E-state index in [9.17, 15) is 22.7 Å². The number of fused-ring (bicyclic) bond motifs is 1. The van der Waals surface area contributed by atoms with Crippen LogP contribution in [0.1, 0.15) is 17.2 Å². The quantitative estimate of drug-likeness (QED) is 0.399. The van der Waals surface area contributed by atoms with E-state index in [0.717, 1.165) is 18.3 Å². The normalized spacial score (nSPS) is 12.7. The topological polar surface area (TPSA) is 104 Å². The van der Waals surface area contributed by atoms with Gasteiger partial charge in [0.1, 0.15) is 23.4 Å². The Labute approximate surface area is 178 Å². The van der Waals surface area contributed by atoms with Gasteiger partial charge in [0.2, 0.25) is 0 Å². The molecule has 0 spiro atoms. The molecule has 4 heterocycles. The van der Waals surface area contributed by atoms with Crippen molar-refractivity contribution in [2.75, 3.05) is 11.9 Å². The van der Waals surface area contributed by atoms with Crippen molar-refractivity contribution in [3.63, 3.8) is 0 Å². The predicted octanol–water partition coefficient (Wildman–Crippen LogP) is 4.01. The number of anilines is 2. The van der Waals surface area contributed by atoms with E-state index >= 15 is 0 Å². The van der Waals surface area contributed by atoms with Gasteiger partial charge in [0.05, 0.1) is 17.9 Å². The van der Waals surface area contributed by atoms with Crippen LogP contribution in [-0.4, -0.2) is 36.8 Å². The Balaban J connectivity index is 1.64. The lowest BCUT2D eigenvalue weighted by molar-refractivity contribution is -0.137. The van der Waals surface area contributed by atoms with E-state index < -0.39 is 30.3 Å². The number of alkyl halides is 3. The molecule has 0 fully saturated rings. The monoisotopic (exact) mass is 445 g/mol. The second-order valence-corrected chi connectivity index (χ2v) is 6.80. The molecule has 0 aromatic carbocycles. The summed E-state index contributed by atoms with van der Waals surface area (Å²) >= 11 is 0. The van der Waals surface area contributed by atoms with Gasteiger partial charge in [-0.05, 0) is 35.7 Å². The summed E-state index contributed by atoms with van der Waals surface area (Å²) in [5, 5.41) is 22.6. The molecule has 32 heavy (non-hydrogen) atoms. The number of hydrogen-bond donors (Lipinski definition) is 3. The summed E-state index contributed by atoms with van der Waals surface area (Å²) in [6.45, 7) is -0.564. The van der Waals surface area contributed by atoms with Gasteiger partial charge in [-0.25, -0.2) is 14.4 Å². The van der Waals surface area contributed by atoms with Gasteiger partial charge in [-0.15, -0.1) is 0 Å². The van der Waals surface area contributed by atoms with Crippen molar-refractivity contribution in [1.29, 1.82) is 0 Å². The van der Waals surface area contributed by atoms with Gasteiger partial charge >= 0.3 is 6.18 Å². The summed E-state index contributed by atoms with van der Waals surface area (Å²) < 4.78 is 52.6. The van der Waals surface area contributed by atoms with E-state index in [1.54, 1.807) is 12.1 Å². The van der Waals surface area contributed by atoms with Crippen LogP contribution in [-0.2, 0) is 6.18 Å². The molecule has 7 nitrogen and oxygen atoms in total. The molecule has 0 unspecified atom stereocenters. The van der Waals surface area contributed by atoms with Crippen LogP contribution in [0.4, 0.5) is 29.2 Å². The number of rotatable bonds is 5. The number of halogens is 4. The van der Waals surface area contributed by atoms with Gasteiger partial charge in [-0.2, -0.15) is 13.2 Å². The first-order valence-electron chi connectivity index (χ1n) is 9.26. The van der Waals surface area contributed by atoms with Crippen LogP contribution >= 0.6 is 0 Å². The molecule has 0 saturated carbocycles. The molecule has 0 saturated heterocycles. The summed E-state index contributed by atoms with van der Waals surface area (Å²) in [5.74, 6) is -0.250. The minimum atomic E-state index is -4.48. The van der Waals surface area contributed by atoms with Crippen molar-refractivity contribution in [1.82, 2.24) is 19.9 Å². The fourth-order valence-electron chi connectivity index (χ4n) is 2.98. The maximum absolute atomic E-state index is 14.5. The highest BCUT2D eigenvalue weighted by molar-refractivity contribution is 5.94. The minimum Gasteiger partial charge on any atom is -0.393 e. The number of nitrogens with one attached hydrogen (secondary N) is 1. The summed E-state index contributed by atoms with van der Waals surface area (Å²) in [7, 11) is 0. The summed E-state index contributed by atoms with van der Waals surface area (Å²) in [6, 6.07) is 6.41. The Morgan fingerprint density at radius 3 is 2.44 bits per heavy atom. The number of pyridine rings is 4. The summed E-state index contributed by atoms with van der Waals surface area (Å²) in [5.41, 5.74) is -0.553. The molecule has 3 N–H and O–H groups in total. The molecular formula is C21H15F4N5O2. The van der Waals surface area contributed by atoms with Gasteiger partial charge < -0.3 is 15.5 Å². The van der Waals surface area contributed by atoms with Crippen LogP contribution < -0.4 is 5.32 Å². The lowest BCUT2D eigenvalue weighted by atomic mass is 10.1. The Morgan fingerprint density at radius 2 is 1.78 bits per heavy atom. The number of aromatic nitrogens is 4. The molecule has 0 bridgehead atoms. The lowest BCUT2D eigenvalue weighted by Gasteiger charge is -2.11. The van der Waals surface area contributed by atoms with Crippen LogP contribution in [0, 0.1) is 5.82 Å². The van der Waals surface area contributed by atoms with E-state index in [1.807, 2.05) is 0 Å². The molecule has 0 radical (unpaired) electrons. The molecule has 4 aromatic rings. The third kappa shape index (κ3) is 4.34. The standard InChI is InChI=1S/C21H15F4N5O2/c22-15-5-12(17(32)10-31)7-29-19(15)16-6-11-3-4-26-20(14(11)9-27-16)30-18-2-1-13(8-28-18)21(23,24)25/h1-9,17,31-32H,10H2,(H,26,28,30)/t17-/m0/s1. The van der Waals surface area contributed by atoms with Crippen molar-refractivity contribution >= 4 is 22.4 Å². The first-order valence-corrected chi connectivity index (χ1v) is 9.26. The Bertz CT molecular complexity index is 1270. The number of hydrogen-bond acceptors (Lipinski definition) is 7. The Hall–Kier alpha value is -3.70. The molecule has 0 amide bonds. The Morgan fingerprint density at radius 1 is 0.969 bits per heavy atom. The molecule has 1 atom stereocenters. The fourth-order valence-corrected chi connectivity index (χ4v) is 2.98. The average molecular weight is 445 g/mol. The zero-order valence-corrected chi connectivity index (χ0v) is 16.2. The molecule has 0 aliphatic carbocycles. The van der Waals surface area contributed by atoms with Crippen molar-refractivity contribution in [3.8, 4) is 11.4 Å². The predicted molar refractivity (Wildman–Crippen MR) is 107 cm³/mol. The molecule has 4 rings (SSSR count). The van der Waals surface area contributed by atoms with E-state index in [-0.39, 0.29) is 22.8 Å². The molecule has 164 valence electrons. The van der Waals surface area contributed by atoms with Gasteiger partial charge in [0, 0.05) is 35.7 Å². The SMILES string of the molecule is OC[C@H](O)c1cnc(-c2cc3ccnc(Nc4ccc(C(F)(F)F)cn4)c3cn2)c(F)c1. The zero-order chi connectivity index (χ0) is 22.9. The fraction of sp³-hybridized carbons (Fsp3) is 0.143. The number of aliphatic hydroxyl groups excluding tert-OH is 2. The van der Waals surface area contributed by atoms with Crippen molar-refractivity contribution < 1.29 is 27.8 Å². The third-order valence-corrected chi connectivity index (χ3v) is 4.65. The van der Waals surface area contributed by atoms with Crippen LogP contribution in [0.3, 0.4) is 0 Å². The minimum absolute atomic E-state index is 0.0449. The molecule has 0 aliphatic heterocycles. The maximum Gasteiger partial charge on any atom is 0.417 e. The molecular weight excluding hydrogens is 430 g/mol. The smallest absolute Gasteiger partial charge is 0.393 e. The van der Waals surface area contributed by atoms with Crippen LogP contribution in [0.15, 0.2) is 55.1 Å². The summed E-state index contributed by atoms with van der Waals surface area (Å²) in [6.07, 6.45) is -0.850. The van der Waals surface area contributed by atoms with Crippen LogP contribution in [0.2, 0.25) is 0 Å². The van der Waals surface area contributed by atoms with Crippen molar-refractivity contribution in [2.45, 2.75) is 12.3 Å².